The van der Waals surface area contributed by atoms with Crippen LogP contribution in [-0.4, -0.2) is 59.0 Å². The van der Waals surface area contributed by atoms with Gasteiger partial charge in [-0.1, -0.05) is 50.3 Å². The Labute approximate surface area is 296 Å². The molecular formula is C36H34O16-2. The number of carbonyl (C=O) groups is 6. The molecule has 2 atom stereocenters. The van der Waals surface area contributed by atoms with E-state index in [1.165, 1.54) is 50.3 Å². The van der Waals surface area contributed by atoms with Crippen molar-refractivity contribution in [3.8, 4) is 0 Å². The SMILES string of the molecule is CCC1(C)OC(=O)C(C=CC=CC=C2C(=O)OC3(CCC4(CC3)OC(=O)C(=C/C=C/C=C/C3=C([O-])OC(C)(CC)OC3=O)C(=O)O4)OC2=O)=C([O-])O1. The summed E-state index contributed by atoms with van der Waals surface area (Å²) in [5.74, 6) is -13.4. The minimum Gasteiger partial charge on any atom is -0.574 e. The van der Waals surface area contributed by atoms with Crippen LogP contribution in [-0.2, 0) is 66.7 Å². The van der Waals surface area contributed by atoms with Crippen molar-refractivity contribution >= 4 is 35.8 Å². The molecule has 2 spiro atoms. The number of ether oxygens (including phenoxy) is 8. The number of esters is 6. The molecule has 0 radical (unpaired) electrons. The molecule has 3 fully saturated rings. The van der Waals surface area contributed by atoms with Gasteiger partial charge in [0, 0.05) is 25.7 Å². The Morgan fingerprint density at radius 2 is 0.808 bits per heavy atom. The van der Waals surface area contributed by atoms with Crippen molar-refractivity contribution in [3.05, 3.63) is 94.9 Å². The molecule has 52 heavy (non-hydrogen) atoms. The molecule has 5 aliphatic rings. The summed E-state index contributed by atoms with van der Waals surface area (Å²) in [5, 5.41) is 24.3. The zero-order chi connectivity index (χ0) is 37.9. The molecule has 5 rings (SSSR count). The summed E-state index contributed by atoms with van der Waals surface area (Å²) in [6.45, 7) is 6.31. The summed E-state index contributed by atoms with van der Waals surface area (Å²) in [4.78, 5) is 75.4. The average Bonchev–Trinajstić information content (AvgIpc) is 3.06. The molecule has 16 heteroatoms. The van der Waals surface area contributed by atoms with E-state index in [4.69, 9.17) is 37.9 Å². The highest BCUT2D eigenvalue weighted by molar-refractivity contribution is 6.16. The van der Waals surface area contributed by atoms with Crippen LogP contribution >= 0.6 is 0 Å². The largest absolute Gasteiger partial charge is 0.574 e. The molecule has 2 unspecified atom stereocenters. The topological polar surface area (TPSA) is 222 Å². The van der Waals surface area contributed by atoms with Crippen LogP contribution in [0.3, 0.4) is 0 Å². The van der Waals surface area contributed by atoms with E-state index in [1.807, 2.05) is 0 Å². The van der Waals surface area contributed by atoms with Crippen LogP contribution in [0.15, 0.2) is 94.9 Å². The zero-order valence-corrected chi connectivity index (χ0v) is 28.5. The number of hydrogen-bond acceptors (Lipinski definition) is 16. The maximum Gasteiger partial charge on any atom is 0.348 e. The Hall–Kier alpha value is -6.06. The second kappa shape index (κ2) is 14.3. The third kappa shape index (κ3) is 7.80. The van der Waals surface area contributed by atoms with Crippen molar-refractivity contribution in [2.24, 2.45) is 0 Å². The van der Waals surface area contributed by atoms with Crippen molar-refractivity contribution in [1.29, 1.82) is 0 Å². The van der Waals surface area contributed by atoms with Gasteiger partial charge in [0.05, 0.1) is 23.0 Å². The molecule has 0 aromatic heterocycles. The summed E-state index contributed by atoms with van der Waals surface area (Å²) in [6, 6.07) is 0. The fourth-order valence-electron chi connectivity index (χ4n) is 5.31. The normalized spacial score (nSPS) is 31.2. The monoisotopic (exact) mass is 722 g/mol. The molecule has 0 aromatic carbocycles. The fourth-order valence-corrected chi connectivity index (χ4v) is 5.31. The lowest BCUT2D eigenvalue weighted by molar-refractivity contribution is -0.397. The predicted octanol–water partition coefficient (Wildman–Crippen LogP) is 1.77. The summed E-state index contributed by atoms with van der Waals surface area (Å²) in [7, 11) is 0. The van der Waals surface area contributed by atoms with Gasteiger partial charge in [-0.05, 0) is 51.0 Å². The lowest BCUT2D eigenvalue weighted by atomic mass is 9.87. The van der Waals surface area contributed by atoms with Gasteiger partial charge in [-0.25, -0.2) is 28.8 Å². The van der Waals surface area contributed by atoms with Gasteiger partial charge in [0.2, 0.25) is 0 Å². The number of rotatable bonds is 8. The van der Waals surface area contributed by atoms with E-state index >= 15 is 0 Å². The van der Waals surface area contributed by atoms with Crippen LogP contribution in [0.2, 0.25) is 0 Å². The highest BCUT2D eigenvalue weighted by atomic mass is 16.8. The van der Waals surface area contributed by atoms with Gasteiger partial charge in [-0.3, -0.25) is 0 Å². The van der Waals surface area contributed by atoms with Gasteiger partial charge in [0.25, 0.3) is 11.6 Å². The minimum absolute atomic E-state index is 0.149. The van der Waals surface area contributed by atoms with E-state index in [-0.39, 0.29) is 49.7 Å². The third-order valence-corrected chi connectivity index (χ3v) is 8.66. The number of allylic oxidation sites excluding steroid dienone is 8. The first kappa shape index (κ1) is 37.2. The van der Waals surface area contributed by atoms with E-state index in [1.54, 1.807) is 13.8 Å². The predicted molar refractivity (Wildman–Crippen MR) is 167 cm³/mol. The average molecular weight is 723 g/mol. The molecule has 16 nitrogen and oxygen atoms in total. The molecule has 0 amide bonds. The van der Waals surface area contributed by atoms with Crippen molar-refractivity contribution in [3.63, 3.8) is 0 Å². The van der Waals surface area contributed by atoms with E-state index in [0.717, 1.165) is 24.3 Å². The second-order valence-electron chi connectivity index (χ2n) is 12.4. The Kier molecular flexibility index (Phi) is 10.2. The van der Waals surface area contributed by atoms with Crippen molar-refractivity contribution in [2.45, 2.75) is 89.4 Å². The lowest BCUT2D eigenvalue weighted by Crippen LogP contribution is -2.56. The Bertz CT molecular complexity index is 1650. The molecule has 1 saturated carbocycles. The van der Waals surface area contributed by atoms with Crippen LogP contribution in [0.5, 0.6) is 0 Å². The first-order valence-electron chi connectivity index (χ1n) is 16.3. The smallest absolute Gasteiger partial charge is 0.348 e. The van der Waals surface area contributed by atoms with Crippen LogP contribution in [0.4, 0.5) is 0 Å². The van der Waals surface area contributed by atoms with Gasteiger partial charge in [-0.15, -0.1) is 0 Å². The Balaban J connectivity index is 1.14. The summed E-state index contributed by atoms with van der Waals surface area (Å²) >= 11 is 0. The summed E-state index contributed by atoms with van der Waals surface area (Å²) in [5.41, 5.74) is -1.52. The van der Waals surface area contributed by atoms with Crippen molar-refractivity contribution < 1.29 is 76.9 Å². The third-order valence-electron chi connectivity index (χ3n) is 8.66. The molecule has 0 aromatic rings. The molecule has 0 bridgehead atoms. The molecule has 4 aliphatic heterocycles. The fraction of sp³-hybridized carbons (Fsp3) is 0.389. The van der Waals surface area contributed by atoms with E-state index in [9.17, 15) is 39.0 Å². The maximum atomic E-state index is 12.8. The van der Waals surface area contributed by atoms with Crippen molar-refractivity contribution in [1.82, 2.24) is 0 Å². The minimum atomic E-state index is -1.68. The molecule has 4 heterocycles. The van der Waals surface area contributed by atoms with E-state index in [2.05, 4.69) is 0 Å². The quantitative estimate of drug-likeness (QED) is 0.114. The van der Waals surface area contributed by atoms with Gasteiger partial charge >= 0.3 is 35.8 Å². The van der Waals surface area contributed by atoms with Crippen molar-refractivity contribution in [2.75, 3.05) is 0 Å². The first-order chi connectivity index (χ1) is 24.5. The van der Waals surface area contributed by atoms with Crippen LogP contribution in [0.1, 0.15) is 66.2 Å². The van der Waals surface area contributed by atoms with Crippen LogP contribution in [0.25, 0.3) is 0 Å². The molecule has 0 N–H and O–H groups in total. The standard InChI is InChI=1S/C36H36O16/c1-5-33(3)45-25(37)21(26(38)46-33)13-9-7-11-15-23-29(41)49-35(50-30(23)42)17-19-36(20-18-35)51-31(43)24(32(44)52-36)16-12-8-10-14-22-27(39)47-34(4,6-2)48-28(22)40/h7-16,37,39H,5-6,17-20H2,1-4H3/p-2/b11-7+,12-8?,13-9+,14-10?,23-15?,24-16?. The molecule has 276 valence electrons. The molecule has 2 saturated heterocycles. The summed E-state index contributed by atoms with van der Waals surface area (Å²) < 4.78 is 42.4. The Morgan fingerprint density at radius 3 is 1.10 bits per heavy atom. The number of carbonyl (C=O) groups excluding carboxylic acids is 6. The maximum absolute atomic E-state index is 12.8. The van der Waals surface area contributed by atoms with Gasteiger partial charge in [0.15, 0.2) is 11.6 Å². The van der Waals surface area contributed by atoms with Crippen LogP contribution in [0, 0.1) is 0 Å². The second-order valence-corrected chi connectivity index (χ2v) is 12.4. The number of cyclic esters (lactones) is 2. The van der Waals surface area contributed by atoms with Gasteiger partial charge < -0.3 is 48.1 Å². The Morgan fingerprint density at radius 1 is 0.481 bits per heavy atom. The molecule has 1 aliphatic carbocycles. The van der Waals surface area contributed by atoms with E-state index in [0.29, 0.717) is 0 Å². The van der Waals surface area contributed by atoms with Crippen LogP contribution < -0.4 is 10.2 Å². The van der Waals surface area contributed by atoms with Gasteiger partial charge in [0.1, 0.15) is 11.1 Å². The highest BCUT2D eigenvalue weighted by Crippen LogP contribution is 2.45. The molecular weight excluding hydrogens is 688 g/mol. The number of hydrogen-bond donors (Lipinski definition) is 0. The van der Waals surface area contributed by atoms with E-state index < -0.39 is 82.0 Å². The van der Waals surface area contributed by atoms with Gasteiger partial charge in [-0.2, -0.15) is 0 Å². The first-order valence-corrected chi connectivity index (χ1v) is 16.3. The lowest BCUT2D eigenvalue weighted by Gasteiger charge is -2.45. The zero-order valence-electron chi connectivity index (χ0n) is 28.5. The summed E-state index contributed by atoms with van der Waals surface area (Å²) in [6.07, 6.45) is 12.4. The highest BCUT2D eigenvalue weighted by Gasteiger charge is 2.56.